The molecule has 1 nitrogen and oxygen atoms in total. The van der Waals surface area contributed by atoms with Crippen LogP contribution in [0.15, 0.2) is 24.3 Å². The lowest BCUT2D eigenvalue weighted by Gasteiger charge is -2.35. The minimum Gasteiger partial charge on any atom is -0.343 e. The summed E-state index contributed by atoms with van der Waals surface area (Å²) >= 11 is 0. The first kappa shape index (κ1) is 8.49. The Morgan fingerprint density at radius 3 is 3.07 bits per heavy atom. The summed E-state index contributed by atoms with van der Waals surface area (Å²) in [6.07, 6.45) is 5.50. The van der Waals surface area contributed by atoms with Gasteiger partial charge in [-0.25, -0.2) is 0 Å². The van der Waals surface area contributed by atoms with Gasteiger partial charge in [0.1, 0.15) is 0 Å². The summed E-state index contributed by atoms with van der Waals surface area (Å²) in [4.78, 5) is 0. The molecule has 1 aromatic carbocycles. The highest BCUT2D eigenvalue weighted by Gasteiger charge is 2.33. The van der Waals surface area contributed by atoms with Crippen LogP contribution >= 0.6 is 0 Å². The summed E-state index contributed by atoms with van der Waals surface area (Å²) in [5.41, 5.74) is 3.27. The molecule has 1 fully saturated rings. The molecule has 3 rings (SSSR count). The third-order valence-electron chi connectivity index (χ3n) is 3.91. The molecule has 0 amide bonds. The zero-order valence-corrected chi connectivity index (χ0v) is 8.58. The lowest BCUT2D eigenvalue weighted by atomic mass is 9.75. The third kappa shape index (κ3) is 1.27. The van der Waals surface area contributed by atoms with Gasteiger partial charge < -0.3 is 5.32 Å². The van der Waals surface area contributed by atoms with Crippen molar-refractivity contribution in [2.75, 3.05) is 6.54 Å². The molecule has 2 atom stereocenters. The average molecular weight is 188 g/mol. The van der Waals surface area contributed by atoms with Crippen LogP contribution in [-0.4, -0.2) is 12.6 Å². The van der Waals surface area contributed by atoms with Gasteiger partial charge in [0.05, 0.1) is 12.6 Å². The van der Waals surface area contributed by atoms with Gasteiger partial charge in [-0.1, -0.05) is 24.3 Å². The van der Waals surface area contributed by atoms with Crippen molar-refractivity contribution in [3.8, 4) is 0 Å². The number of rotatable bonds is 0. The largest absolute Gasteiger partial charge is 0.343 e. The molecule has 1 saturated heterocycles. The minimum atomic E-state index is 0.855. The zero-order valence-electron chi connectivity index (χ0n) is 8.58. The van der Waals surface area contributed by atoms with E-state index in [1.165, 1.54) is 32.2 Å². The van der Waals surface area contributed by atoms with Crippen LogP contribution in [0.2, 0.25) is 0 Å². The van der Waals surface area contributed by atoms with Crippen molar-refractivity contribution in [2.24, 2.45) is 0 Å². The topological polar surface area (TPSA) is 16.6 Å². The van der Waals surface area contributed by atoms with Crippen LogP contribution in [0, 0.1) is 0 Å². The van der Waals surface area contributed by atoms with E-state index < -0.39 is 0 Å². The fraction of sp³-hybridized carbons (Fsp3) is 0.538. The number of benzene rings is 1. The predicted octanol–water partition coefficient (Wildman–Crippen LogP) is 1.44. The molecule has 0 bridgehead atoms. The molecular formula is C13H18N+. The molecule has 0 saturated carbocycles. The fourth-order valence-electron chi connectivity index (χ4n) is 3.20. The molecule has 1 aliphatic heterocycles. The van der Waals surface area contributed by atoms with E-state index in [0.29, 0.717) is 0 Å². The first-order valence-electron chi connectivity index (χ1n) is 5.86. The Labute approximate surface area is 85.5 Å². The SMILES string of the molecule is c1ccc2c(c1)CC[C@H]1[NH2+]CCC[C@@H]21. The van der Waals surface area contributed by atoms with E-state index in [-0.39, 0.29) is 0 Å². The van der Waals surface area contributed by atoms with Gasteiger partial charge >= 0.3 is 0 Å². The molecule has 14 heavy (non-hydrogen) atoms. The van der Waals surface area contributed by atoms with E-state index in [1.807, 2.05) is 0 Å². The summed E-state index contributed by atoms with van der Waals surface area (Å²) in [5, 5.41) is 2.57. The molecule has 0 unspecified atom stereocenters. The number of hydrogen-bond acceptors (Lipinski definition) is 0. The highest BCUT2D eigenvalue weighted by molar-refractivity contribution is 5.33. The van der Waals surface area contributed by atoms with Gasteiger partial charge in [0.2, 0.25) is 0 Å². The Morgan fingerprint density at radius 2 is 2.07 bits per heavy atom. The van der Waals surface area contributed by atoms with E-state index >= 15 is 0 Å². The highest BCUT2D eigenvalue weighted by Crippen LogP contribution is 2.34. The Morgan fingerprint density at radius 1 is 1.14 bits per heavy atom. The van der Waals surface area contributed by atoms with Crippen LogP contribution in [-0.2, 0) is 6.42 Å². The molecule has 0 radical (unpaired) electrons. The van der Waals surface area contributed by atoms with Crippen molar-refractivity contribution < 1.29 is 5.32 Å². The molecule has 1 aliphatic carbocycles. The normalized spacial score (nSPS) is 30.6. The molecule has 1 heterocycles. The van der Waals surface area contributed by atoms with Crippen molar-refractivity contribution in [1.82, 2.24) is 0 Å². The van der Waals surface area contributed by atoms with Gasteiger partial charge in [0.15, 0.2) is 0 Å². The van der Waals surface area contributed by atoms with E-state index in [9.17, 15) is 0 Å². The summed E-state index contributed by atoms with van der Waals surface area (Å²) in [6, 6.07) is 9.95. The maximum absolute atomic E-state index is 2.57. The Bertz CT molecular complexity index is 332. The first-order valence-corrected chi connectivity index (χ1v) is 5.86. The maximum Gasteiger partial charge on any atom is 0.0931 e. The number of hydrogen-bond donors (Lipinski definition) is 1. The number of fused-ring (bicyclic) bond motifs is 3. The lowest BCUT2D eigenvalue weighted by molar-refractivity contribution is -0.701. The van der Waals surface area contributed by atoms with Crippen molar-refractivity contribution in [1.29, 1.82) is 0 Å². The second-order valence-corrected chi connectivity index (χ2v) is 4.67. The van der Waals surface area contributed by atoms with Gasteiger partial charge in [-0.3, -0.25) is 0 Å². The molecule has 74 valence electrons. The summed E-state index contributed by atoms with van der Waals surface area (Å²) in [5.74, 6) is 0.855. The van der Waals surface area contributed by atoms with Gasteiger partial charge in [0, 0.05) is 12.3 Å². The van der Waals surface area contributed by atoms with Gasteiger partial charge in [-0.05, 0) is 30.4 Å². The quantitative estimate of drug-likeness (QED) is 0.634. The third-order valence-corrected chi connectivity index (χ3v) is 3.91. The highest BCUT2D eigenvalue weighted by atomic mass is 14.9. The van der Waals surface area contributed by atoms with Gasteiger partial charge in [-0.2, -0.15) is 0 Å². The Kier molecular flexibility index (Phi) is 2.06. The predicted molar refractivity (Wildman–Crippen MR) is 57.3 cm³/mol. The Balaban J connectivity index is 1.99. The molecule has 1 aromatic rings. The molecule has 2 aliphatic rings. The molecule has 0 aromatic heterocycles. The average Bonchev–Trinajstić information content (AvgIpc) is 2.29. The number of piperidine rings is 1. The van der Waals surface area contributed by atoms with Crippen LogP contribution in [0.25, 0.3) is 0 Å². The van der Waals surface area contributed by atoms with Crippen molar-refractivity contribution in [2.45, 2.75) is 37.6 Å². The summed E-state index contributed by atoms with van der Waals surface area (Å²) < 4.78 is 0. The van der Waals surface area contributed by atoms with Gasteiger partial charge in [-0.15, -0.1) is 0 Å². The Hall–Kier alpha value is -0.820. The molecule has 1 heteroatoms. The van der Waals surface area contributed by atoms with E-state index in [1.54, 1.807) is 11.1 Å². The summed E-state index contributed by atoms with van der Waals surface area (Å²) in [7, 11) is 0. The lowest BCUT2D eigenvalue weighted by Crippen LogP contribution is -2.93. The molecular weight excluding hydrogens is 170 g/mol. The van der Waals surface area contributed by atoms with E-state index in [2.05, 4.69) is 29.6 Å². The van der Waals surface area contributed by atoms with Crippen LogP contribution in [0.5, 0.6) is 0 Å². The van der Waals surface area contributed by atoms with Crippen molar-refractivity contribution in [3.05, 3.63) is 35.4 Å². The molecule has 0 spiro atoms. The molecule has 2 N–H and O–H groups in total. The zero-order chi connectivity index (χ0) is 9.38. The van der Waals surface area contributed by atoms with Crippen LogP contribution < -0.4 is 5.32 Å². The van der Waals surface area contributed by atoms with Crippen LogP contribution in [0.1, 0.15) is 36.3 Å². The standard InChI is InChI=1S/C13H17N/c1-2-5-11-10(4-1)7-8-13-12(11)6-3-9-14-13/h1-2,4-5,12-14H,3,6-9H2/p+1/t12-,13+/m0/s1. The number of quaternary nitrogens is 1. The second kappa shape index (κ2) is 3.39. The fourth-order valence-corrected chi connectivity index (χ4v) is 3.20. The smallest absolute Gasteiger partial charge is 0.0931 e. The maximum atomic E-state index is 2.57. The van der Waals surface area contributed by atoms with Crippen LogP contribution in [0.3, 0.4) is 0 Å². The first-order chi connectivity index (χ1) is 6.95. The minimum absolute atomic E-state index is 0.855. The van der Waals surface area contributed by atoms with Crippen LogP contribution in [0.4, 0.5) is 0 Å². The second-order valence-electron chi connectivity index (χ2n) is 4.67. The van der Waals surface area contributed by atoms with Gasteiger partial charge in [0.25, 0.3) is 0 Å². The number of aryl methyl sites for hydroxylation is 1. The number of nitrogens with two attached hydrogens (primary N) is 1. The summed E-state index contributed by atoms with van der Waals surface area (Å²) in [6.45, 7) is 1.35. The van der Waals surface area contributed by atoms with E-state index in [4.69, 9.17) is 0 Å². The van der Waals surface area contributed by atoms with Crippen molar-refractivity contribution >= 4 is 0 Å². The van der Waals surface area contributed by atoms with E-state index in [0.717, 1.165) is 12.0 Å². The van der Waals surface area contributed by atoms with Crippen molar-refractivity contribution in [3.63, 3.8) is 0 Å². The monoisotopic (exact) mass is 188 g/mol.